The molecular formula is C23H16BrNO2. The van der Waals surface area contributed by atoms with Gasteiger partial charge in [-0.15, -0.1) is 0 Å². The van der Waals surface area contributed by atoms with Crippen LogP contribution < -0.4 is 14.4 Å². The summed E-state index contributed by atoms with van der Waals surface area (Å²) in [5.41, 5.74) is 3.14. The molecule has 132 valence electrons. The van der Waals surface area contributed by atoms with Crippen molar-refractivity contribution in [2.75, 3.05) is 12.0 Å². The van der Waals surface area contributed by atoms with Gasteiger partial charge in [-0.05, 0) is 65.4 Å². The zero-order chi connectivity index (χ0) is 18.4. The summed E-state index contributed by atoms with van der Waals surface area (Å²) in [5, 5.41) is 2.31. The van der Waals surface area contributed by atoms with E-state index in [0.29, 0.717) is 0 Å². The minimum atomic E-state index is 0.831. The SMILES string of the molecule is COc1ccc2cc(N3c4ccccc4Oc4cc(Br)ccc43)ccc2c1. The first-order chi connectivity index (χ1) is 13.2. The number of hydrogen-bond acceptors (Lipinski definition) is 3. The third-order valence-electron chi connectivity index (χ3n) is 4.78. The molecule has 0 N–H and O–H groups in total. The zero-order valence-corrected chi connectivity index (χ0v) is 16.2. The lowest BCUT2D eigenvalue weighted by Gasteiger charge is -2.33. The topological polar surface area (TPSA) is 21.7 Å². The normalized spacial score (nSPS) is 12.3. The number of ether oxygens (including phenoxy) is 2. The molecule has 0 fully saturated rings. The maximum atomic E-state index is 6.14. The van der Waals surface area contributed by atoms with E-state index in [9.17, 15) is 0 Å². The number of fused-ring (bicyclic) bond motifs is 3. The molecule has 4 aromatic carbocycles. The first-order valence-electron chi connectivity index (χ1n) is 8.67. The second-order valence-electron chi connectivity index (χ2n) is 6.41. The molecule has 0 saturated carbocycles. The Hall–Kier alpha value is -2.98. The fourth-order valence-corrected chi connectivity index (χ4v) is 3.83. The fraction of sp³-hybridized carbons (Fsp3) is 0.0435. The van der Waals surface area contributed by atoms with Crippen LogP contribution in [0.2, 0.25) is 0 Å². The highest BCUT2D eigenvalue weighted by Gasteiger charge is 2.25. The van der Waals surface area contributed by atoms with Gasteiger partial charge in [-0.25, -0.2) is 0 Å². The molecule has 1 aliphatic heterocycles. The van der Waals surface area contributed by atoms with Gasteiger partial charge < -0.3 is 14.4 Å². The molecule has 0 unspecified atom stereocenters. The van der Waals surface area contributed by atoms with Gasteiger partial charge in [0.2, 0.25) is 0 Å². The Labute approximate surface area is 165 Å². The fourth-order valence-electron chi connectivity index (χ4n) is 3.49. The monoisotopic (exact) mass is 417 g/mol. The highest BCUT2D eigenvalue weighted by Crippen LogP contribution is 2.51. The molecule has 27 heavy (non-hydrogen) atoms. The van der Waals surface area contributed by atoms with Crippen LogP contribution in [-0.2, 0) is 0 Å². The van der Waals surface area contributed by atoms with Gasteiger partial charge in [-0.1, -0.05) is 40.2 Å². The van der Waals surface area contributed by atoms with Gasteiger partial charge in [0.15, 0.2) is 11.5 Å². The van der Waals surface area contributed by atoms with E-state index in [1.165, 1.54) is 0 Å². The maximum Gasteiger partial charge on any atom is 0.152 e. The van der Waals surface area contributed by atoms with E-state index in [2.05, 4.69) is 63.3 Å². The van der Waals surface area contributed by atoms with Crippen LogP contribution in [0.15, 0.2) is 83.3 Å². The van der Waals surface area contributed by atoms with Gasteiger partial charge >= 0.3 is 0 Å². The van der Waals surface area contributed by atoms with Gasteiger partial charge in [0.05, 0.1) is 18.5 Å². The molecule has 5 rings (SSSR count). The highest BCUT2D eigenvalue weighted by atomic mass is 79.9. The van der Waals surface area contributed by atoms with Crippen LogP contribution in [-0.4, -0.2) is 7.11 Å². The van der Waals surface area contributed by atoms with E-state index in [-0.39, 0.29) is 0 Å². The second kappa shape index (κ2) is 6.32. The molecule has 0 saturated heterocycles. The molecule has 0 amide bonds. The van der Waals surface area contributed by atoms with Crippen molar-refractivity contribution in [3.63, 3.8) is 0 Å². The molecule has 0 aromatic heterocycles. The lowest BCUT2D eigenvalue weighted by Crippen LogP contribution is -2.15. The van der Waals surface area contributed by atoms with Crippen molar-refractivity contribution in [2.45, 2.75) is 0 Å². The Morgan fingerprint density at radius 2 is 1.56 bits per heavy atom. The summed E-state index contributed by atoms with van der Waals surface area (Å²) in [6, 6.07) is 26.8. The third kappa shape index (κ3) is 2.73. The molecule has 4 heteroatoms. The van der Waals surface area contributed by atoms with E-state index in [4.69, 9.17) is 9.47 Å². The zero-order valence-electron chi connectivity index (χ0n) is 14.6. The van der Waals surface area contributed by atoms with Crippen LogP contribution in [0, 0.1) is 0 Å². The molecule has 3 nitrogen and oxygen atoms in total. The van der Waals surface area contributed by atoms with Crippen molar-refractivity contribution in [1.82, 2.24) is 0 Å². The van der Waals surface area contributed by atoms with Gasteiger partial charge in [-0.2, -0.15) is 0 Å². The third-order valence-corrected chi connectivity index (χ3v) is 5.27. The summed E-state index contributed by atoms with van der Waals surface area (Å²) in [7, 11) is 1.69. The van der Waals surface area contributed by atoms with Crippen LogP contribution in [0.4, 0.5) is 17.1 Å². The molecule has 0 atom stereocenters. The number of para-hydroxylation sites is 2. The van der Waals surface area contributed by atoms with Crippen LogP contribution in [0.3, 0.4) is 0 Å². The van der Waals surface area contributed by atoms with Gasteiger partial charge in [0.25, 0.3) is 0 Å². The summed E-state index contributed by atoms with van der Waals surface area (Å²) in [6.07, 6.45) is 0. The molecular weight excluding hydrogens is 402 g/mol. The van der Waals surface area contributed by atoms with E-state index in [0.717, 1.165) is 49.6 Å². The number of anilines is 3. The van der Waals surface area contributed by atoms with Crippen molar-refractivity contribution in [3.05, 3.63) is 83.3 Å². The van der Waals surface area contributed by atoms with Crippen molar-refractivity contribution < 1.29 is 9.47 Å². The van der Waals surface area contributed by atoms with Gasteiger partial charge in [0, 0.05) is 10.2 Å². The molecule has 0 radical (unpaired) electrons. The average Bonchev–Trinajstić information content (AvgIpc) is 2.71. The molecule has 0 bridgehead atoms. The van der Waals surface area contributed by atoms with Crippen molar-refractivity contribution in [2.24, 2.45) is 0 Å². The summed E-state index contributed by atoms with van der Waals surface area (Å²) in [6.45, 7) is 0. The Kier molecular flexibility index (Phi) is 3.80. The van der Waals surface area contributed by atoms with Gasteiger partial charge in [-0.3, -0.25) is 0 Å². The Bertz CT molecular complexity index is 1170. The van der Waals surface area contributed by atoms with E-state index in [1.54, 1.807) is 7.11 Å². The molecule has 1 heterocycles. The number of benzene rings is 4. The predicted octanol–water partition coefficient (Wildman–Crippen LogP) is 7.19. The van der Waals surface area contributed by atoms with E-state index >= 15 is 0 Å². The van der Waals surface area contributed by atoms with Crippen LogP contribution in [0.1, 0.15) is 0 Å². The number of hydrogen-bond donors (Lipinski definition) is 0. The number of methoxy groups -OCH3 is 1. The predicted molar refractivity (Wildman–Crippen MR) is 113 cm³/mol. The standard InChI is InChI=1S/C23H16BrNO2/c1-26-19-10-7-15-12-18(9-6-16(15)13-19)25-20-4-2-3-5-22(20)27-23-14-17(24)8-11-21(23)25/h2-14H,1H3. The Balaban J connectivity index is 1.71. The Morgan fingerprint density at radius 3 is 2.44 bits per heavy atom. The molecule has 1 aliphatic rings. The summed E-state index contributed by atoms with van der Waals surface area (Å²) in [5.74, 6) is 2.54. The summed E-state index contributed by atoms with van der Waals surface area (Å²) in [4.78, 5) is 2.24. The molecule has 4 aromatic rings. The minimum Gasteiger partial charge on any atom is -0.497 e. The largest absolute Gasteiger partial charge is 0.497 e. The van der Waals surface area contributed by atoms with Crippen LogP contribution in [0.25, 0.3) is 10.8 Å². The number of nitrogens with zero attached hydrogens (tertiary/aromatic N) is 1. The van der Waals surface area contributed by atoms with Crippen LogP contribution >= 0.6 is 15.9 Å². The van der Waals surface area contributed by atoms with Crippen molar-refractivity contribution in [3.8, 4) is 17.2 Å². The minimum absolute atomic E-state index is 0.831. The van der Waals surface area contributed by atoms with Crippen LogP contribution in [0.5, 0.6) is 17.2 Å². The number of halogens is 1. The second-order valence-corrected chi connectivity index (χ2v) is 7.33. The summed E-state index contributed by atoms with van der Waals surface area (Å²) >= 11 is 3.54. The smallest absolute Gasteiger partial charge is 0.152 e. The van der Waals surface area contributed by atoms with Crippen molar-refractivity contribution >= 4 is 43.8 Å². The lowest BCUT2D eigenvalue weighted by molar-refractivity contribution is 0.415. The lowest BCUT2D eigenvalue weighted by atomic mass is 10.1. The van der Waals surface area contributed by atoms with Crippen molar-refractivity contribution in [1.29, 1.82) is 0 Å². The first kappa shape index (κ1) is 16.2. The molecule has 0 aliphatic carbocycles. The average molecular weight is 418 g/mol. The summed E-state index contributed by atoms with van der Waals surface area (Å²) < 4.78 is 12.5. The molecule has 0 spiro atoms. The number of rotatable bonds is 2. The van der Waals surface area contributed by atoms with Gasteiger partial charge in [0.1, 0.15) is 5.75 Å². The quantitative estimate of drug-likeness (QED) is 0.303. The highest BCUT2D eigenvalue weighted by molar-refractivity contribution is 9.10. The Morgan fingerprint density at radius 1 is 0.778 bits per heavy atom. The maximum absolute atomic E-state index is 6.14. The first-order valence-corrected chi connectivity index (χ1v) is 9.46. The van der Waals surface area contributed by atoms with E-state index < -0.39 is 0 Å². The van der Waals surface area contributed by atoms with E-state index in [1.807, 2.05) is 36.4 Å².